The molecular formula is C14H15N3O2S. The van der Waals surface area contributed by atoms with Gasteiger partial charge in [-0.2, -0.15) is 0 Å². The van der Waals surface area contributed by atoms with E-state index in [1.807, 2.05) is 13.1 Å². The van der Waals surface area contributed by atoms with Gasteiger partial charge in [-0.05, 0) is 24.1 Å². The van der Waals surface area contributed by atoms with E-state index in [-0.39, 0.29) is 4.90 Å². The SMILES string of the molecule is CN1CCc2cc(-c3ccccc3S(N)(=O)=O)cnc21. The van der Waals surface area contributed by atoms with Crippen molar-refractivity contribution in [2.24, 2.45) is 5.14 Å². The number of pyridine rings is 1. The van der Waals surface area contributed by atoms with E-state index >= 15 is 0 Å². The third kappa shape index (κ3) is 2.17. The zero-order valence-electron chi connectivity index (χ0n) is 11.1. The van der Waals surface area contributed by atoms with Crippen molar-refractivity contribution < 1.29 is 8.42 Å². The number of anilines is 1. The molecule has 0 unspecified atom stereocenters. The first kappa shape index (κ1) is 13.1. The smallest absolute Gasteiger partial charge is 0.238 e. The lowest BCUT2D eigenvalue weighted by Crippen LogP contribution is -2.14. The van der Waals surface area contributed by atoms with Gasteiger partial charge in [0.25, 0.3) is 0 Å². The van der Waals surface area contributed by atoms with Gasteiger partial charge in [-0.15, -0.1) is 0 Å². The molecule has 6 heteroatoms. The predicted molar refractivity (Wildman–Crippen MR) is 78.0 cm³/mol. The number of fused-ring (bicyclic) bond motifs is 1. The molecule has 0 aliphatic carbocycles. The molecule has 1 aromatic carbocycles. The molecule has 5 nitrogen and oxygen atoms in total. The molecule has 0 saturated carbocycles. The highest BCUT2D eigenvalue weighted by atomic mass is 32.2. The maximum atomic E-state index is 11.7. The van der Waals surface area contributed by atoms with Gasteiger partial charge in [0, 0.05) is 30.9 Å². The van der Waals surface area contributed by atoms with Crippen LogP contribution in [0.5, 0.6) is 0 Å². The predicted octanol–water partition coefficient (Wildman–Crippen LogP) is 1.39. The summed E-state index contributed by atoms with van der Waals surface area (Å²) in [5, 5.41) is 5.27. The van der Waals surface area contributed by atoms with E-state index in [9.17, 15) is 8.42 Å². The summed E-state index contributed by atoms with van der Waals surface area (Å²) < 4.78 is 23.3. The molecule has 1 aromatic heterocycles. The summed E-state index contributed by atoms with van der Waals surface area (Å²) in [5.41, 5.74) is 2.51. The van der Waals surface area contributed by atoms with Crippen molar-refractivity contribution in [2.75, 3.05) is 18.5 Å². The number of likely N-dealkylation sites (N-methyl/N-ethyl adjacent to an activating group) is 1. The molecule has 0 atom stereocenters. The second-order valence-electron chi connectivity index (χ2n) is 4.92. The van der Waals surface area contributed by atoms with Gasteiger partial charge in [0.15, 0.2) is 0 Å². The Balaban J connectivity index is 2.16. The van der Waals surface area contributed by atoms with Gasteiger partial charge in [0.1, 0.15) is 5.82 Å². The van der Waals surface area contributed by atoms with E-state index in [0.29, 0.717) is 5.56 Å². The fraction of sp³-hybridized carbons (Fsp3) is 0.214. The van der Waals surface area contributed by atoms with Crippen LogP contribution in [0.2, 0.25) is 0 Å². The Hall–Kier alpha value is -1.92. The van der Waals surface area contributed by atoms with Gasteiger partial charge in [-0.1, -0.05) is 18.2 Å². The first-order chi connectivity index (χ1) is 9.47. The number of hydrogen-bond donors (Lipinski definition) is 1. The Morgan fingerprint density at radius 1 is 1.30 bits per heavy atom. The van der Waals surface area contributed by atoms with E-state index in [1.165, 1.54) is 6.07 Å². The molecule has 0 fully saturated rings. The monoisotopic (exact) mass is 289 g/mol. The van der Waals surface area contributed by atoms with Gasteiger partial charge < -0.3 is 4.90 Å². The summed E-state index contributed by atoms with van der Waals surface area (Å²) in [6.45, 7) is 0.933. The standard InChI is InChI=1S/C14H15N3O2S/c1-17-7-6-10-8-11(9-16-14(10)17)12-4-2-3-5-13(12)20(15,18)19/h2-5,8-9H,6-7H2,1H3,(H2,15,18,19). The van der Waals surface area contributed by atoms with E-state index < -0.39 is 10.0 Å². The number of sulfonamides is 1. The summed E-state index contributed by atoms with van der Waals surface area (Å²) in [6, 6.07) is 8.73. The minimum atomic E-state index is -3.74. The molecule has 104 valence electrons. The van der Waals surface area contributed by atoms with Crippen LogP contribution >= 0.6 is 0 Å². The molecule has 0 radical (unpaired) electrons. The summed E-state index contributed by atoms with van der Waals surface area (Å²) in [7, 11) is -1.75. The average Bonchev–Trinajstić information content (AvgIpc) is 2.79. The number of rotatable bonds is 2. The maximum Gasteiger partial charge on any atom is 0.238 e. The number of nitrogens with two attached hydrogens (primary N) is 1. The van der Waals surface area contributed by atoms with Crippen molar-refractivity contribution >= 4 is 15.8 Å². The Labute approximate surface area is 118 Å². The highest BCUT2D eigenvalue weighted by molar-refractivity contribution is 7.89. The first-order valence-corrected chi connectivity index (χ1v) is 7.84. The van der Waals surface area contributed by atoms with Crippen LogP contribution in [0.1, 0.15) is 5.56 Å². The van der Waals surface area contributed by atoms with Crippen molar-refractivity contribution in [3.05, 3.63) is 42.1 Å². The van der Waals surface area contributed by atoms with Crippen LogP contribution in [0.3, 0.4) is 0 Å². The van der Waals surface area contributed by atoms with Crippen molar-refractivity contribution in [3.8, 4) is 11.1 Å². The van der Waals surface area contributed by atoms with Gasteiger partial charge in [0.2, 0.25) is 10.0 Å². The van der Waals surface area contributed by atoms with Crippen LogP contribution in [0.15, 0.2) is 41.4 Å². The molecule has 0 spiro atoms. The molecule has 1 aliphatic rings. The van der Waals surface area contributed by atoms with Gasteiger partial charge in [-0.25, -0.2) is 18.5 Å². The Morgan fingerprint density at radius 3 is 2.80 bits per heavy atom. The lowest BCUT2D eigenvalue weighted by atomic mass is 10.1. The van der Waals surface area contributed by atoms with Gasteiger partial charge >= 0.3 is 0 Å². The van der Waals surface area contributed by atoms with E-state index in [0.717, 1.165) is 29.9 Å². The summed E-state index contributed by atoms with van der Waals surface area (Å²) >= 11 is 0. The lowest BCUT2D eigenvalue weighted by Gasteiger charge is -2.12. The molecule has 0 bridgehead atoms. The van der Waals surface area contributed by atoms with Crippen LogP contribution in [0.25, 0.3) is 11.1 Å². The zero-order valence-corrected chi connectivity index (χ0v) is 11.9. The number of aromatic nitrogens is 1. The Bertz CT molecular complexity index is 772. The van der Waals surface area contributed by atoms with E-state index in [4.69, 9.17) is 5.14 Å². The topological polar surface area (TPSA) is 76.3 Å². The average molecular weight is 289 g/mol. The fourth-order valence-corrected chi connectivity index (χ4v) is 3.29. The molecule has 3 rings (SSSR count). The molecule has 2 heterocycles. The summed E-state index contributed by atoms with van der Waals surface area (Å²) in [4.78, 5) is 6.65. The zero-order chi connectivity index (χ0) is 14.3. The van der Waals surface area contributed by atoms with Crippen molar-refractivity contribution in [2.45, 2.75) is 11.3 Å². The number of primary sulfonamides is 1. The second kappa shape index (κ2) is 4.57. The van der Waals surface area contributed by atoms with Crippen LogP contribution in [0, 0.1) is 0 Å². The quantitative estimate of drug-likeness (QED) is 0.906. The summed E-state index contributed by atoms with van der Waals surface area (Å²) in [6.07, 6.45) is 2.62. The van der Waals surface area contributed by atoms with Crippen LogP contribution < -0.4 is 10.0 Å². The number of benzene rings is 1. The molecule has 0 saturated heterocycles. The van der Waals surface area contributed by atoms with Gasteiger partial charge in [0.05, 0.1) is 4.90 Å². The lowest BCUT2D eigenvalue weighted by molar-refractivity contribution is 0.598. The molecular weight excluding hydrogens is 274 g/mol. The Kier molecular flexibility index (Phi) is 2.99. The molecule has 1 aliphatic heterocycles. The van der Waals surface area contributed by atoms with Crippen LogP contribution in [0.4, 0.5) is 5.82 Å². The highest BCUT2D eigenvalue weighted by Crippen LogP contribution is 2.31. The maximum absolute atomic E-state index is 11.7. The molecule has 20 heavy (non-hydrogen) atoms. The molecule has 2 aromatic rings. The molecule has 2 N–H and O–H groups in total. The fourth-order valence-electron chi connectivity index (χ4n) is 2.53. The molecule has 0 amide bonds. The van der Waals surface area contributed by atoms with Gasteiger partial charge in [-0.3, -0.25) is 0 Å². The Morgan fingerprint density at radius 2 is 2.05 bits per heavy atom. The van der Waals surface area contributed by atoms with E-state index in [1.54, 1.807) is 24.4 Å². The third-order valence-electron chi connectivity index (χ3n) is 3.53. The van der Waals surface area contributed by atoms with Crippen molar-refractivity contribution in [1.29, 1.82) is 0 Å². The summed E-state index contributed by atoms with van der Waals surface area (Å²) in [5.74, 6) is 0.960. The minimum absolute atomic E-state index is 0.133. The minimum Gasteiger partial charge on any atom is -0.359 e. The van der Waals surface area contributed by atoms with Crippen molar-refractivity contribution in [1.82, 2.24) is 4.98 Å². The normalized spacial score (nSPS) is 14.4. The van der Waals surface area contributed by atoms with E-state index in [2.05, 4.69) is 9.88 Å². The third-order valence-corrected chi connectivity index (χ3v) is 4.49. The van der Waals surface area contributed by atoms with Crippen LogP contribution in [-0.2, 0) is 16.4 Å². The number of nitrogens with zero attached hydrogens (tertiary/aromatic N) is 2. The highest BCUT2D eigenvalue weighted by Gasteiger charge is 2.20. The largest absolute Gasteiger partial charge is 0.359 e. The first-order valence-electron chi connectivity index (χ1n) is 6.29. The number of hydrogen-bond acceptors (Lipinski definition) is 4. The van der Waals surface area contributed by atoms with Crippen molar-refractivity contribution in [3.63, 3.8) is 0 Å². The van der Waals surface area contributed by atoms with Crippen LogP contribution in [-0.4, -0.2) is 27.0 Å². The second-order valence-corrected chi connectivity index (χ2v) is 6.45.